The fourth-order valence-electron chi connectivity index (χ4n) is 1.29. The number of hydrogen-bond donors (Lipinski definition) is 0. The minimum absolute atomic E-state index is 0.0668. The van der Waals surface area contributed by atoms with Crippen molar-refractivity contribution in [1.29, 1.82) is 0 Å². The molecule has 0 N–H and O–H groups in total. The van der Waals surface area contributed by atoms with Crippen molar-refractivity contribution >= 4 is 11.7 Å². The first-order chi connectivity index (χ1) is 6.50. The second-order valence-corrected chi connectivity index (χ2v) is 3.88. The molecule has 0 aromatic rings. The van der Waals surface area contributed by atoms with Crippen molar-refractivity contribution in [2.24, 2.45) is 5.92 Å². The van der Waals surface area contributed by atoms with Crippen LogP contribution in [0.3, 0.4) is 0 Å². The Morgan fingerprint density at radius 2 is 1.79 bits per heavy atom. The van der Waals surface area contributed by atoms with Crippen LogP contribution in [0, 0.1) is 5.92 Å². The van der Waals surface area contributed by atoms with Crippen LogP contribution in [0.4, 0.5) is 0 Å². The van der Waals surface area contributed by atoms with Crippen LogP contribution in [0.25, 0.3) is 0 Å². The molecule has 0 saturated carbocycles. The van der Waals surface area contributed by atoms with Crippen LogP contribution < -0.4 is 0 Å². The highest BCUT2D eigenvalue weighted by atomic mass is 16.2. The lowest BCUT2D eigenvalue weighted by Crippen LogP contribution is -2.32. The molecule has 0 fully saturated rings. The number of carbonyl (C=O) groups is 2. The number of hydrogen-bond acceptors (Lipinski definition) is 2. The lowest BCUT2D eigenvalue weighted by molar-refractivity contribution is -0.138. The molecular formula is C11H21NO2. The predicted octanol–water partition coefficient (Wildman–Crippen LogP) is 1.86. The zero-order valence-corrected chi connectivity index (χ0v) is 9.67. The predicted molar refractivity (Wildman–Crippen MR) is 57.0 cm³/mol. The van der Waals surface area contributed by atoms with Crippen molar-refractivity contribution < 1.29 is 9.59 Å². The molecule has 1 atom stereocenters. The molecule has 0 radical (unpaired) electrons. The minimum Gasteiger partial charge on any atom is -0.348 e. The zero-order chi connectivity index (χ0) is 11.1. The topological polar surface area (TPSA) is 37.4 Å². The molecular weight excluding hydrogens is 178 g/mol. The van der Waals surface area contributed by atoms with Gasteiger partial charge in [0.05, 0.1) is 5.92 Å². The molecule has 3 nitrogen and oxygen atoms in total. The van der Waals surface area contributed by atoms with Crippen molar-refractivity contribution in [3.63, 3.8) is 0 Å². The van der Waals surface area contributed by atoms with Crippen LogP contribution in [0.15, 0.2) is 0 Å². The first-order valence-electron chi connectivity index (χ1n) is 5.24. The molecule has 0 aromatic heterocycles. The van der Waals surface area contributed by atoms with Gasteiger partial charge >= 0.3 is 0 Å². The molecule has 0 saturated heterocycles. The maximum absolute atomic E-state index is 11.5. The second kappa shape index (κ2) is 6.57. The fraction of sp³-hybridized carbons (Fsp3) is 0.818. The third-order valence-electron chi connectivity index (χ3n) is 2.32. The van der Waals surface area contributed by atoms with E-state index in [1.807, 2.05) is 0 Å². The van der Waals surface area contributed by atoms with E-state index >= 15 is 0 Å². The first-order valence-corrected chi connectivity index (χ1v) is 5.24. The molecule has 0 bridgehead atoms. The quantitative estimate of drug-likeness (QED) is 0.483. The summed E-state index contributed by atoms with van der Waals surface area (Å²) in [5, 5.41) is 0. The first kappa shape index (κ1) is 13.1. The highest BCUT2D eigenvalue weighted by Crippen LogP contribution is 2.08. The van der Waals surface area contributed by atoms with E-state index in [0.717, 1.165) is 19.3 Å². The third-order valence-corrected chi connectivity index (χ3v) is 2.32. The maximum Gasteiger partial charge on any atom is 0.232 e. The van der Waals surface area contributed by atoms with Gasteiger partial charge in [0, 0.05) is 20.5 Å². The SMILES string of the molecule is CCCCCC(=O)C(C)C(=O)N(C)C. The Bertz CT molecular complexity index is 199. The molecule has 1 amide bonds. The van der Waals surface area contributed by atoms with Crippen LogP contribution in [-0.2, 0) is 9.59 Å². The Balaban J connectivity index is 3.93. The lowest BCUT2D eigenvalue weighted by atomic mass is 10.00. The van der Waals surface area contributed by atoms with Crippen molar-refractivity contribution in [3.8, 4) is 0 Å². The molecule has 0 aromatic carbocycles. The zero-order valence-electron chi connectivity index (χ0n) is 9.67. The summed E-state index contributed by atoms with van der Waals surface area (Å²) in [6.45, 7) is 3.79. The molecule has 14 heavy (non-hydrogen) atoms. The largest absolute Gasteiger partial charge is 0.348 e. The van der Waals surface area contributed by atoms with Crippen LogP contribution in [0.5, 0.6) is 0 Å². The fourth-order valence-corrected chi connectivity index (χ4v) is 1.29. The van der Waals surface area contributed by atoms with E-state index in [0.29, 0.717) is 6.42 Å². The van der Waals surface area contributed by atoms with E-state index < -0.39 is 5.92 Å². The Morgan fingerprint density at radius 1 is 1.21 bits per heavy atom. The molecule has 0 aliphatic carbocycles. The van der Waals surface area contributed by atoms with Crippen molar-refractivity contribution in [1.82, 2.24) is 4.90 Å². The number of rotatable bonds is 6. The van der Waals surface area contributed by atoms with E-state index in [4.69, 9.17) is 0 Å². The molecule has 0 rings (SSSR count). The number of ketones is 1. The molecule has 0 aliphatic rings. The van der Waals surface area contributed by atoms with Crippen LogP contribution in [-0.4, -0.2) is 30.7 Å². The normalized spacial score (nSPS) is 12.3. The monoisotopic (exact) mass is 199 g/mol. The number of amides is 1. The Morgan fingerprint density at radius 3 is 2.21 bits per heavy atom. The number of Topliss-reactive ketones (excluding diaryl/α,β-unsaturated/α-hetero) is 1. The van der Waals surface area contributed by atoms with E-state index in [2.05, 4.69) is 6.92 Å². The van der Waals surface area contributed by atoms with Crippen molar-refractivity contribution in [2.45, 2.75) is 39.5 Å². The van der Waals surface area contributed by atoms with Gasteiger partial charge in [0.25, 0.3) is 0 Å². The van der Waals surface area contributed by atoms with Gasteiger partial charge in [0.2, 0.25) is 5.91 Å². The molecule has 0 aliphatic heterocycles. The van der Waals surface area contributed by atoms with E-state index in [9.17, 15) is 9.59 Å². The van der Waals surface area contributed by atoms with Gasteiger partial charge in [0.1, 0.15) is 5.78 Å². The molecule has 0 heterocycles. The van der Waals surface area contributed by atoms with Gasteiger partial charge in [-0.1, -0.05) is 19.8 Å². The summed E-state index contributed by atoms with van der Waals surface area (Å²) in [7, 11) is 3.36. The van der Waals surface area contributed by atoms with Gasteiger partial charge in [-0.25, -0.2) is 0 Å². The molecule has 3 heteroatoms. The average Bonchev–Trinajstić information content (AvgIpc) is 2.15. The van der Waals surface area contributed by atoms with Crippen LogP contribution in [0.1, 0.15) is 39.5 Å². The van der Waals surface area contributed by atoms with Gasteiger partial charge in [-0.05, 0) is 13.3 Å². The average molecular weight is 199 g/mol. The van der Waals surface area contributed by atoms with Gasteiger partial charge in [-0.15, -0.1) is 0 Å². The number of carbonyl (C=O) groups excluding carboxylic acids is 2. The van der Waals surface area contributed by atoms with Gasteiger partial charge in [-0.2, -0.15) is 0 Å². The highest BCUT2D eigenvalue weighted by Gasteiger charge is 2.21. The maximum atomic E-state index is 11.5. The van der Waals surface area contributed by atoms with Crippen LogP contribution >= 0.6 is 0 Å². The molecule has 82 valence electrons. The number of nitrogens with zero attached hydrogens (tertiary/aromatic N) is 1. The number of unbranched alkanes of at least 4 members (excludes halogenated alkanes) is 2. The summed E-state index contributed by atoms with van der Waals surface area (Å²) in [5.74, 6) is -0.495. The minimum atomic E-state index is -0.471. The summed E-state index contributed by atoms with van der Waals surface area (Å²) < 4.78 is 0. The standard InChI is InChI=1S/C11H21NO2/c1-5-6-7-8-10(13)9(2)11(14)12(3)4/h9H,5-8H2,1-4H3. The third kappa shape index (κ3) is 4.40. The summed E-state index contributed by atoms with van der Waals surface area (Å²) in [5.41, 5.74) is 0. The summed E-state index contributed by atoms with van der Waals surface area (Å²) in [6, 6.07) is 0. The highest BCUT2D eigenvalue weighted by molar-refractivity contribution is 6.00. The summed E-state index contributed by atoms with van der Waals surface area (Å²) in [4.78, 5) is 24.4. The molecule has 1 unspecified atom stereocenters. The van der Waals surface area contributed by atoms with Gasteiger partial charge in [-0.3, -0.25) is 9.59 Å². The Kier molecular flexibility index (Phi) is 6.17. The van der Waals surface area contributed by atoms with Gasteiger partial charge in [0.15, 0.2) is 0 Å². The van der Waals surface area contributed by atoms with Crippen molar-refractivity contribution in [3.05, 3.63) is 0 Å². The summed E-state index contributed by atoms with van der Waals surface area (Å²) >= 11 is 0. The lowest BCUT2D eigenvalue weighted by Gasteiger charge is -2.15. The Labute approximate surface area is 86.5 Å². The van der Waals surface area contributed by atoms with Crippen molar-refractivity contribution in [2.75, 3.05) is 14.1 Å². The second-order valence-electron chi connectivity index (χ2n) is 3.88. The molecule has 0 spiro atoms. The summed E-state index contributed by atoms with van der Waals surface area (Å²) in [6.07, 6.45) is 3.60. The Hall–Kier alpha value is -0.860. The van der Waals surface area contributed by atoms with E-state index in [1.165, 1.54) is 4.90 Å². The van der Waals surface area contributed by atoms with Crippen LogP contribution in [0.2, 0.25) is 0 Å². The van der Waals surface area contributed by atoms with E-state index in [-0.39, 0.29) is 11.7 Å². The van der Waals surface area contributed by atoms with Gasteiger partial charge < -0.3 is 4.90 Å². The smallest absolute Gasteiger partial charge is 0.232 e. The van der Waals surface area contributed by atoms with E-state index in [1.54, 1.807) is 21.0 Å².